The minimum atomic E-state index is -0.0655. The van der Waals surface area contributed by atoms with E-state index in [1.165, 1.54) is 35.2 Å². The van der Waals surface area contributed by atoms with E-state index in [0.717, 1.165) is 11.3 Å². The molecule has 0 saturated heterocycles. The van der Waals surface area contributed by atoms with Crippen molar-refractivity contribution in [2.75, 3.05) is 0 Å². The first-order chi connectivity index (χ1) is 11.9. The molecule has 0 bridgehead atoms. The van der Waals surface area contributed by atoms with Gasteiger partial charge in [-0.3, -0.25) is 14.2 Å². The van der Waals surface area contributed by atoms with Gasteiger partial charge in [0.2, 0.25) is 5.91 Å². The Labute approximate surface area is 152 Å². The Morgan fingerprint density at radius 2 is 2.12 bits per heavy atom. The standard InChI is InChI=1S/C19H27N3O2S/c1-19(2,3)14-6-4-5-7-15(14)21-16(23)8-10-22-12-20-17-13(18(22)24)9-11-25-17/h9,11-12,14-15H,4-8,10H2,1-3H3,(H,21,23). The third-order valence-corrected chi connectivity index (χ3v) is 6.08. The SMILES string of the molecule is CC(C)(C)C1CCCCC1NC(=O)CCn1cnc2sccc2c1=O. The summed E-state index contributed by atoms with van der Waals surface area (Å²) in [5.74, 6) is 0.537. The van der Waals surface area contributed by atoms with Crippen molar-refractivity contribution >= 4 is 27.5 Å². The fourth-order valence-electron chi connectivity index (χ4n) is 3.89. The van der Waals surface area contributed by atoms with Gasteiger partial charge in [0.25, 0.3) is 5.56 Å². The van der Waals surface area contributed by atoms with Gasteiger partial charge < -0.3 is 5.32 Å². The molecule has 1 amide bonds. The molecule has 0 aromatic carbocycles. The molecule has 1 fully saturated rings. The van der Waals surface area contributed by atoms with E-state index in [2.05, 4.69) is 31.1 Å². The molecule has 2 aromatic rings. The Hall–Kier alpha value is -1.69. The van der Waals surface area contributed by atoms with Crippen LogP contribution in [0.25, 0.3) is 10.2 Å². The molecule has 1 saturated carbocycles. The van der Waals surface area contributed by atoms with Crippen molar-refractivity contribution in [1.29, 1.82) is 0 Å². The quantitative estimate of drug-likeness (QED) is 0.905. The zero-order valence-corrected chi connectivity index (χ0v) is 16.1. The third kappa shape index (κ3) is 4.11. The second-order valence-corrected chi connectivity index (χ2v) is 8.96. The summed E-state index contributed by atoms with van der Waals surface area (Å²) in [6.07, 6.45) is 6.51. The topological polar surface area (TPSA) is 64.0 Å². The first-order valence-corrected chi connectivity index (χ1v) is 9.96. The highest BCUT2D eigenvalue weighted by Gasteiger charge is 2.34. The maximum absolute atomic E-state index is 12.4. The average Bonchev–Trinajstić information content (AvgIpc) is 3.03. The van der Waals surface area contributed by atoms with Gasteiger partial charge in [-0.2, -0.15) is 0 Å². The first-order valence-electron chi connectivity index (χ1n) is 9.08. The van der Waals surface area contributed by atoms with Crippen molar-refractivity contribution in [2.45, 2.75) is 65.5 Å². The van der Waals surface area contributed by atoms with Gasteiger partial charge in [0.1, 0.15) is 4.83 Å². The highest BCUT2D eigenvalue weighted by Crippen LogP contribution is 2.38. The number of hydrogen-bond donors (Lipinski definition) is 1. The molecular weight excluding hydrogens is 334 g/mol. The molecule has 6 heteroatoms. The number of thiophene rings is 1. The van der Waals surface area contributed by atoms with Gasteiger partial charge in [-0.25, -0.2) is 4.98 Å². The van der Waals surface area contributed by atoms with Crippen molar-refractivity contribution in [2.24, 2.45) is 11.3 Å². The third-order valence-electron chi connectivity index (χ3n) is 5.25. The summed E-state index contributed by atoms with van der Waals surface area (Å²) >= 11 is 1.46. The number of nitrogens with zero attached hydrogens (tertiary/aromatic N) is 2. The molecule has 1 aliphatic carbocycles. The zero-order valence-electron chi connectivity index (χ0n) is 15.2. The van der Waals surface area contributed by atoms with E-state index in [1.807, 2.05) is 5.38 Å². The number of aryl methyl sites for hydroxylation is 1. The van der Waals surface area contributed by atoms with Crippen LogP contribution < -0.4 is 10.9 Å². The van der Waals surface area contributed by atoms with Gasteiger partial charge in [-0.1, -0.05) is 33.6 Å². The molecule has 1 aliphatic rings. The van der Waals surface area contributed by atoms with E-state index in [-0.39, 0.29) is 22.9 Å². The van der Waals surface area contributed by atoms with Crippen LogP contribution in [0.3, 0.4) is 0 Å². The van der Waals surface area contributed by atoms with Crippen molar-refractivity contribution < 1.29 is 4.79 Å². The minimum absolute atomic E-state index is 0.0264. The fourth-order valence-corrected chi connectivity index (χ4v) is 4.62. The number of hydrogen-bond acceptors (Lipinski definition) is 4. The summed E-state index contributed by atoms with van der Waals surface area (Å²) in [5.41, 5.74) is 0.132. The van der Waals surface area contributed by atoms with E-state index in [9.17, 15) is 9.59 Å². The maximum Gasteiger partial charge on any atom is 0.262 e. The molecule has 25 heavy (non-hydrogen) atoms. The molecule has 3 rings (SSSR count). The van der Waals surface area contributed by atoms with E-state index in [0.29, 0.717) is 24.3 Å². The number of amides is 1. The highest BCUT2D eigenvalue weighted by molar-refractivity contribution is 7.16. The van der Waals surface area contributed by atoms with Crippen molar-refractivity contribution in [3.8, 4) is 0 Å². The van der Waals surface area contributed by atoms with Crippen LogP contribution in [0.5, 0.6) is 0 Å². The van der Waals surface area contributed by atoms with Crippen LogP contribution in [-0.4, -0.2) is 21.5 Å². The van der Waals surface area contributed by atoms with Crippen molar-refractivity contribution in [3.05, 3.63) is 28.1 Å². The Kier molecular flexibility index (Phi) is 5.27. The lowest BCUT2D eigenvalue weighted by Crippen LogP contribution is -2.46. The fraction of sp³-hybridized carbons (Fsp3) is 0.632. The number of rotatable bonds is 4. The molecule has 2 heterocycles. The van der Waals surface area contributed by atoms with Gasteiger partial charge in [-0.15, -0.1) is 11.3 Å². The second kappa shape index (κ2) is 7.28. The van der Waals surface area contributed by atoms with Crippen LogP contribution in [0.2, 0.25) is 0 Å². The Balaban J connectivity index is 1.62. The smallest absolute Gasteiger partial charge is 0.262 e. The second-order valence-electron chi connectivity index (χ2n) is 8.06. The van der Waals surface area contributed by atoms with Crippen LogP contribution in [0.4, 0.5) is 0 Å². The van der Waals surface area contributed by atoms with Crippen LogP contribution >= 0.6 is 11.3 Å². The van der Waals surface area contributed by atoms with Crippen molar-refractivity contribution in [1.82, 2.24) is 14.9 Å². The summed E-state index contributed by atoms with van der Waals surface area (Å²) in [5, 5.41) is 5.72. The summed E-state index contributed by atoms with van der Waals surface area (Å²) in [4.78, 5) is 29.9. The number of aromatic nitrogens is 2. The van der Waals surface area contributed by atoms with E-state index in [1.54, 1.807) is 12.4 Å². The molecule has 136 valence electrons. The molecule has 0 spiro atoms. The molecule has 2 aromatic heterocycles. The van der Waals surface area contributed by atoms with Gasteiger partial charge >= 0.3 is 0 Å². The molecule has 2 unspecified atom stereocenters. The Morgan fingerprint density at radius 3 is 2.88 bits per heavy atom. The van der Waals surface area contributed by atoms with E-state index in [4.69, 9.17) is 0 Å². The van der Waals surface area contributed by atoms with Gasteiger partial charge in [0.15, 0.2) is 0 Å². The summed E-state index contributed by atoms with van der Waals surface area (Å²) in [7, 11) is 0. The number of fused-ring (bicyclic) bond motifs is 1. The lowest BCUT2D eigenvalue weighted by Gasteiger charge is -2.40. The minimum Gasteiger partial charge on any atom is -0.353 e. The normalized spacial score (nSPS) is 21.4. The van der Waals surface area contributed by atoms with Crippen LogP contribution in [-0.2, 0) is 11.3 Å². The Morgan fingerprint density at radius 1 is 1.36 bits per heavy atom. The largest absolute Gasteiger partial charge is 0.353 e. The van der Waals surface area contributed by atoms with Gasteiger partial charge in [0.05, 0.1) is 11.7 Å². The maximum atomic E-state index is 12.4. The van der Waals surface area contributed by atoms with Crippen LogP contribution in [0, 0.1) is 11.3 Å². The molecule has 5 nitrogen and oxygen atoms in total. The molecule has 2 atom stereocenters. The predicted octanol–water partition coefficient (Wildman–Crippen LogP) is 3.57. The summed E-state index contributed by atoms with van der Waals surface area (Å²) in [6, 6.07) is 2.04. The van der Waals surface area contributed by atoms with Gasteiger partial charge in [0, 0.05) is 19.0 Å². The summed E-state index contributed by atoms with van der Waals surface area (Å²) < 4.78 is 1.54. The van der Waals surface area contributed by atoms with E-state index >= 15 is 0 Å². The molecule has 1 N–H and O–H groups in total. The van der Waals surface area contributed by atoms with E-state index < -0.39 is 0 Å². The zero-order chi connectivity index (χ0) is 18.0. The van der Waals surface area contributed by atoms with Crippen LogP contribution in [0.15, 0.2) is 22.6 Å². The predicted molar refractivity (Wildman–Crippen MR) is 102 cm³/mol. The number of carbonyl (C=O) groups excluding carboxylic acids is 1. The molecule has 0 radical (unpaired) electrons. The lowest BCUT2D eigenvalue weighted by molar-refractivity contribution is -0.123. The number of nitrogens with one attached hydrogen (secondary N) is 1. The van der Waals surface area contributed by atoms with Crippen LogP contribution in [0.1, 0.15) is 52.9 Å². The monoisotopic (exact) mass is 361 g/mol. The average molecular weight is 362 g/mol. The van der Waals surface area contributed by atoms with Crippen molar-refractivity contribution in [3.63, 3.8) is 0 Å². The highest BCUT2D eigenvalue weighted by atomic mass is 32.1. The lowest BCUT2D eigenvalue weighted by atomic mass is 9.69. The first kappa shape index (κ1) is 18.1. The Bertz CT molecular complexity index is 803. The summed E-state index contributed by atoms with van der Waals surface area (Å²) in [6.45, 7) is 7.13. The van der Waals surface area contributed by atoms with Gasteiger partial charge in [-0.05, 0) is 35.6 Å². The number of carbonyl (C=O) groups is 1. The molecular formula is C19H27N3O2S. The molecule has 0 aliphatic heterocycles.